The van der Waals surface area contributed by atoms with Crippen LogP contribution in [0.25, 0.3) is 21.3 Å². The number of hydrogen-bond donors (Lipinski definition) is 0. The van der Waals surface area contributed by atoms with E-state index in [1.54, 1.807) is 0 Å². The number of aliphatic imine (C=N–C) groups is 4. The Bertz CT molecular complexity index is 3800. The molecule has 0 bridgehead atoms. The summed E-state index contributed by atoms with van der Waals surface area (Å²) in [5, 5.41) is 23.0. The minimum Gasteiger partial charge on any atom is -1.00 e. The fourth-order valence-corrected chi connectivity index (χ4v) is 12.4. The summed E-state index contributed by atoms with van der Waals surface area (Å²) in [6, 6.07) is 74.8. The zero-order chi connectivity index (χ0) is 71.2. The molecule has 550 valence electrons. The van der Waals surface area contributed by atoms with E-state index in [1.165, 1.54) is 55.2 Å². The van der Waals surface area contributed by atoms with Crippen LogP contribution in [0.3, 0.4) is 0 Å². The van der Waals surface area contributed by atoms with Gasteiger partial charge in [0.2, 0.25) is 0 Å². The van der Waals surface area contributed by atoms with Crippen LogP contribution in [0.1, 0.15) is 225 Å². The predicted octanol–water partition coefficient (Wildman–Crippen LogP) is 16.8. The van der Waals surface area contributed by atoms with Crippen molar-refractivity contribution in [3.63, 3.8) is 0 Å². The average molecular weight is 1690 g/mol. The molecule has 1 saturated heterocycles. The van der Waals surface area contributed by atoms with Crippen LogP contribution < -0.4 is 49.6 Å². The molecule has 106 heavy (non-hydrogen) atoms. The van der Waals surface area contributed by atoms with Gasteiger partial charge in [-0.1, -0.05) is 329 Å². The molecule has 0 saturated carbocycles. The summed E-state index contributed by atoms with van der Waals surface area (Å²) in [5.74, 6) is 3.00. The van der Waals surface area contributed by atoms with E-state index in [1.807, 2.05) is 146 Å². The standard InChI is InChI=1S/2C44H48N4.C2H4Cl2.4ClH.2Zr/c2*1-29(2)35-19-15-20-36(30(3)4)43(35)45-27-33-17-9-11-23-39(33)47-41-25-13-14-26-42(41)48-40-24-12-10-18-34(40)28-46-44-37(31(5)6)21-16-22-38(44)32(7)8;1-3-2-4-1;;;;;;/h2*9-32H,1-8H3;1-2H2;4*1H;;/q2*-2;+2;;;;;2*+3/p-4. The second-order valence-corrected chi connectivity index (χ2v) is 30.0. The molecule has 1 aliphatic heterocycles. The van der Waals surface area contributed by atoms with Crippen molar-refractivity contribution in [2.24, 2.45) is 20.0 Å². The molecule has 11 rings (SSSR count). The Morgan fingerprint density at radius 3 is 0.509 bits per heavy atom. The van der Waals surface area contributed by atoms with E-state index < -0.39 is 0 Å². The molecular formula is C90H100Cl6N8Zr2. The van der Waals surface area contributed by atoms with Crippen LogP contribution in [0.2, 0.25) is 0 Å². The van der Waals surface area contributed by atoms with Crippen molar-refractivity contribution < 1.29 is 124 Å². The average Bonchev–Trinajstić information content (AvgIpc) is 0.809. The van der Waals surface area contributed by atoms with Crippen molar-refractivity contribution in [1.82, 2.24) is 0 Å². The Labute approximate surface area is 705 Å². The Hall–Kier alpha value is -6.41. The van der Waals surface area contributed by atoms with Crippen molar-refractivity contribution in [2.75, 3.05) is 10.7 Å². The number of alkyl halides is 4. The van der Waals surface area contributed by atoms with Gasteiger partial charge in [-0.2, -0.15) is 22.7 Å². The van der Waals surface area contributed by atoms with E-state index in [0.717, 1.165) is 90.5 Å². The predicted molar refractivity (Wildman–Crippen MR) is 427 cm³/mol. The van der Waals surface area contributed by atoms with Crippen LogP contribution in [0, 0.1) is 21.6 Å². The molecule has 10 aromatic carbocycles. The quantitative estimate of drug-likeness (QED) is 0.0425. The van der Waals surface area contributed by atoms with Crippen molar-refractivity contribution in [3.05, 3.63) is 306 Å². The third kappa shape index (κ3) is 25.9. The summed E-state index contributed by atoms with van der Waals surface area (Å²) >= 11 is 0. The third-order valence-corrected chi connectivity index (χ3v) is 19.7. The van der Waals surface area contributed by atoms with E-state index in [9.17, 15) is 0 Å². The fraction of sp³-hybridized carbons (Fsp3) is 0.289. The summed E-state index contributed by atoms with van der Waals surface area (Å²) in [7, 11) is 4.67. The molecule has 0 amide bonds. The molecule has 1 heterocycles. The minimum absolute atomic E-state index is 0. The first kappa shape index (κ1) is 93.8. The van der Waals surface area contributed by atoms with E-state index >= 15 is 0 Å². The van der Waals surface area contributed by atoms with Gasteiger partial charge >= 0.3 is 63.1 Å². The molecule has 1 fully saturated rings. The summed E-state index contributed by atoms with van der Waals surface area (Å²) in [4.78, 5) is 20.3. The van der Waals surface area contributed by atoms with Gasteiger partial charge < -0.3 is 70.9 Å². The van der Waals surface area contributed by atoms with Crippen LogP contribution in [0.15, 0.2) is 238 Å². The molecule has 0 atom stereocenters. The van der Waals surface area contributed by atoms with Gasteiger partial charge in [-0.15, -0.1) is 22.7 Å². The number of nitrogens with zero attached hydrogens (tertiary/aromatic N) is 8. The third-order valence-electron chi connectivity index (χ3n) is 17.5. The molecule has 1 aliphatic rings. The van der Waals surface area contributed by atoms with E-state index in [2.05, 4.69) is 229 Å². The Balaban J connectivity index is 0.000000495. The van der Waals surface area contributed by atoms with Crippen molar-refractivity contribution >= 4 is 93.1 Å². The Morgan fingerprint density at radius 1 is 0.226 bits per heavy atom. The minimum atomic E-state index is 0. The number of halogens is 6. The van der Waals surface area contributed by atoms with Gasteiger partial charge in [-0.05, 0) is 114 Å². The molecule has 2 radical (unpaired) electrons. The number of para-hydroxylation sites is 12. The van der Waals surface area contributed by atoms with Gasteiger partial charge in [-0.25, -0.2) is 0 Å². The van der Waals surface area contributed by atoms with Gasteiger partial charge in [0.05, 0.1) is 22.7 Å². The number of rotatable bonds is 24. The van der Waals surface area contributed by atoms with Crippen LogP contribution in [0.5, 0.6) is 0 Å². The molecular weight excluding hydrogens is 1590 g/mol. The monoisotopic (exact) mass is 1680 g/mol. The van der Waals surface area contributed by atoms with Crippen molar-refractivity contribution in [2.45, 2.75) is 158 Å². The second kappa shape index (κ2) is 46.8. The van der Waals surface area contributed by atoms with E-state index in [-0.39, 0.29) is 102 Å². The zero-order valence-corrected chi connectivity index (χ0v) is 73.4. The van der Waals surface area contributed by atoms with Gasteiger partial charge in [0.15, 0.2) is 0 Å². The molecule has 16 heteroatoms. The molecule has 0 aliphatic carbocycles. The molecule has 0 N–H and O–H groups in total. The zero-order valence-electron chi connectivity index (χ0n) is 64.0. The summed E-state index contributed by atoms with van der Waals surface area (Å²) in [6.07, 6.45) is 7.82. The number of hydrogen-bond acceptors (Lipinski definition) is 4. The second-order valence-electron chi connectivity index (χ2n) is 27.7. The first-order valence-corrected chi connectivity index (χ1v) is 37.6. The van der Waals surface area contributed by atoms with Crippen LogP contribution in [0.4, 0.5) is 68.2 Å². The molecule has 0 aromatic heterocycles. The SMILES string of the molecule is C1[Cl+]C[Cl+]1.CC(C)c1cccc(C(C)C)c1N=Cc1ccccc1[N-]c1ccccc1[N-]c1ccccc1C=Nc1c(C(C)C)cccc1C(C)C.CC(C)c1cccc(C(C)C)c1N=Cc1ccccc1[N-]c1ccccc1[N-]c1ccccc1C=Nc1c(C(C)C)cccc1C(C)C.[Cl-].[Cl-].[Cl-].[Cl-].[Zr+3].[Zr+3]. The number of benzene rings is 10. The summed E-state index contributed by atoms with van der Waals surface area (Å²) in [6.45, 7) is 35.5. The smallest absolute Gasteiger partial charge is 1.00 e. The van der Waals surface area contributed by atoms with Crippen LogP contribution in [-0.4, -0.2) is 35.5 Å². The Morgan fingerprint density at radius 2 is 0.368 bits per heavy atom. The maximum Gasteiger partial charge on any atom is 3.00 e. The Kier molecular flexibility index (Phi) is 41.4. The first-order valence-electron chi connectivity index (χ1n) is 35.4. The van der Waals surface area contributed by atoms with Crippen LogP contribution >= 0.6 is 0 Å². The largest absolute Gasteiger partial charge is 3.00 e. The van der Waals surface area contributed by atoms with E-state index in [0.29, 0.717) is 47.3 Å². The normalized spacial score (nSPS) is 11.7. The van der Waals surface area contributed by atoms with Gasteiger partial charge in [0.25, 0.3) is 21.6 Å². The first-order chi connectivity index (χ1) is 48.3. The van der Waals surface area contributed by atoms with Gasteiger partial charge in [-0.3, -0.25) is 20.0 Å². The summed E-state index contributed by atoms with van der Waals surface area (Å²) in [5.41, 5.74) is 24.7. The van der Waals surface area contributed by atoms with Crippen molar-refractivity contribution in [1.29, 1.82) is 0 Å². The van der Waals surface area contributed by atoms with E-state index in [4.69, 9.17) is 41.2 Å². The maximum absolute atomic E-state index is 5.13. The van der Waals surface area contributed by atoms with Crippen LogP contribution in [-0.2, 0) is 52.4 Å². The van der Waals surface area contributed by atoms with Crippen molar-refractivity contribution in [3.8, 4) is 0 Å². The van der Waals surface area contributed by atoms with Gasteiger partial charge in [0, 0.05) is 24.9 Å². The molecule has 0 spiro atoms. The topological polar surface area (TPSA) is 106 Å². The molecule has 8 nitrogen and oxygen atoms in total. The molecule has 10 aromatic rings. The van der Waals surface area contributed by atoms with Gasteiger partial charge in [0.1, 0.15) is 0 Å². The maximum atomic E-state index is 5.13. The fourth-order valence-electron chi connectivity index (χ4n) is 11.9. The molecule has 0 unspecified atom stereocenters. The summed E-state index contributed by atoms with van der Waals surface area (Å²) < 4.78 is 0.